The number of carboxylic acid groups (broad SMARTS) is 1. The fourth-order valence-electron chi connectivity index (χ4n) is 1.70. The van der Waals surface area contributed by atoms with Gasteiger partial charge in [0.2, 0.25) is 0 Å². The van der Waals surface area contributed by atoms with Crippen LogP contribution in [-0.2, 0) is 4.79 Å². The van der Waals surface area contributed by atoms with Crippen LogP contribution in [0.5, 0.6) is 0 Å². The molecular formula is C13H26N2O3. The van der Waals surface area contributed by atoms with Gasteiger partial charge in [0.05, 0.1) is 0 Å². The maximum absolute atomic E-state index is 11.6. The molecule has 0 fully saturated rings. The van der Waals surface area contributed by atoms with Crippen LogP contribution in [0.25, 0.3) is 0 Å². The van der Waals surface area contributed by atoms with Gasteiger partial charge in [0.15, 0.2) is 0 Å². The predicted molar refractivity (Wildman–Crippen MR) is 71.6 cm³/mol. The molecule has 5 heteroatoms. The number of carbonyl (C=O) groups excluding carboxylic acids is 1. The van der Waals surface area contributed by atoms with E-state index in [1.807, 2.05) is 6.92 Å². The Morgan fingerprint density at radius 1 is 1.22 bits per heavy atom. The second-order valence-electron chi connectivity index (χ2n) is 4.79. The lowest BCUT2D eigenvalue weighted by molar-refractivity contribution is -0.137. The van der Waals surface area contributed by atoms with E-state index in [-0.39, 0.29) is 24.4 Å². The number of rotatable bonds is 9. The molecule has 0 aromatic carbocycles. The van der Waals surface area contributed by atoms with Crippen LogP contribution < -0.4 is 10.6 Å². The molecule has 18 heavy (non-hydrogen) atoms. The van der Waals surface area contributed by atoms with Gasteiger partial charge in [-0.05, 0) is 25.2 Å². The summed E-state index contributed by atoms with van der Waals surface area (Å²) in [4.78, 5) is 22.0. The number of nitrogens with one attached hydrogen (secondary N) is 2. The fraction of sp³-hybridized carbons (Fsp3) is 0.846. The third kappa shape index (κ3) is 8.84. The minimum atomic E-state index is -0.791. The standard InChI is InChI=1S/C13H26N2O3/c1-4-6-11(5-2)15-13(18)14-9-10(3)7-8-12(16)17/h10-11H,4-9H2,1-3H3,(H,16,17)(H2,14,15,18). The van der Waals surface area contributed by atoms with Gasteiger partial charge in [0.25, 0.3) is 0 Å². The van der Waals surface area contributed by atoms with Gasteiger partial charge in [0.1, 0.15) is 0 Å². The Kier molecular flexibility index (Phi) is 9.06. The van der Waals surface area contributed by atoms with Crippen molar-refractivity contribution in [3.8, 4) is 0 Å². The summed E-state index contributed by atoms with van der Waals surface area (Å²) in [5.41, 5.74) is 0. The molecule has 3 N–H and O–H groups in total. The first kappa shape index (κ1) is 16.7. The molecule has 0 aliphatic rings. The maximum atomic E-state index is 11.6. The minimum Gasteiger partial charge on any atom is -0.481 e. The first-order chi connectivity index (χ1) is 8.49. The van der Waals surface area contributed by atoms with E-state index in [1.54, 1.807) is 0 Å². The fourth-order valence-corrected chi connectivity index (χ4v) is 1.70. The molecule has 2 amide bonds. The van der Waals surface area contributed by atoms with Crippen molar-refractivity contribution in [3.05, 3.63) is 0 Å². The molecule has 0 aliphatic heterocycles. The van der Waals surface area contributed by atoms with Gasteiger partial charge >= 0.3 is 12.0 Å². The van der Waals surface area contributed by atoms with E-state index in [2.05, 4.69) is 24.5 Å². The van der Waals surface area contributed by atoms with Gasteiger partial charge in [-0.2, -0.15) is 0 Å². The van der Waals surface area contributed by atoms with Gasteiger partial charge in [-0.3, -0.25) is 4.79 Å². The highest BCUT2D eigenvalue weighted by molar-refractivity contribution is 5.74. The molecule has 2 atom stereocenters. The average molecular weight is 258 g/mol. The van der Waals surface area contributed by atoms with Crippen molar-refractivity contribution in [3.63, 3.8) is 0 Å². The van der Waals surface area contributed by atoms with Crippen molar-refractivity contribution in [1.82, 2.24) is 10.6 Å². The molecule has 0 heterocycles. The molecule has 5 nitrogen and oxygen atoms in total. The van der Waals surface area contributed by atoms with Gasteiger partial charge in [0, 0.05) is 19.0 Å². The smallest absolute Gasteiger partial charge is 0.315 e. The molecule has 106 valence electrons. The predicted octanol–water partition coefficient (Wildman–Crippen LogP) is 2.37. The summed E-state index contributed by atoms with van der Waals surface area (Å²) in [5, 5.41) is 14.3. The number of amides is 2. The van der Waals surface area contributed by atoms with Crippen LogP contribution in [0.1, 0.15) is 52.9 Å². The number of aliphatic carboxylic acids is 1. The van der Waals surface area contributed by atoms with Crippen molar-refractivity contribution in [2.75, 3.05) is 6.54 Å². The lowest BCUT2D eigenvalue weighted by atomic mass is 10.1. The Morgan fingerprint density at radius 3 is 2.39 bits per heavy atom. The summed E-state index contributed by atoms with van der Waals surface area (Å²) in [7, 11) is 0. The minimum absolute atomic E-state index is 0.151. The van der Waals surface area contributed by atoms with Crippen LogP contribution in [0.4, 0.5) is 4.79 Å². The van der Waals surface area contributed by atoms with E-state index < -0.39 is 5.97 Å². The van der Waals surface area contributed by atoms with Gasteiger partial charge in [-0.1, -0.05) is 27.2 Å². The summed E-state index contributed by atoms with van der Waals surface area (Å²) in [6.07, 6.45) is 3.70. The van der Waals surface area contributed by atoms with Crippen LogP contribution in [-0.4, -0.2) is 29.7 Å². The van der Waals surface area contributed by atoms with Crippen molar-refractivity contribution in [1.29, 1.82) is 0 Å². The van der Waals surface area contributed by atoms with E-state index in [1.165, 1.54) is 0 Å². The number of urea groups is 1. The van der Waals surface area contributed by atoms with Crippen LogP contribution in [0.15, 0.2) is 0 Å². The molecule has 2 unspecified atom stereocenters. The highest BCUT2D eigenvalue weighted by Gasteiger charge is 2.10. The molecule has 0 spiro atoms. The van der Waals surface area contributed by atoms with E-state index >= 15 is 0 Å². The van der Waals surface area contributed by atoms with E-state index in [9.17, 15) is 9.59 Å². The first-order valence-corrected chi connectivity index (χ1v) is 6.75. The molecule has 0 aromatic heterocycles. The number of hydrogen-bond donors (Lipinski definition) is 3. The molecular weight excluding hydrogens is 232 g/mol. The summed E-state index contributed by atoms with van der Waals surface area (Å²) in [6, 6.07) is 0.0711. The van der Waals surface area contributed by atoms with E-state index in [0.717, 1.165) is 19.3 Å². The quantitative estimate of drug-likeness (QED) is 0.594. The largest absolute Gasteiger partial charge is 0.481 e. The van der Waals surface area contributed by atoms with Crippen LogP contribution in [0.3, 0.4) is 0 Å². The van der Waals surface area contributed by atoms with Crippen molar-refractivity contribution in [2.24, 2.45) is 5.92 Å². The lowest BCUT2D eigenvalue weighted by Gasteiger charge is -2.18. The Bertz CT molecular complexity index is 257. The van der Waals surface area contributed by atoms with Gasteiger partial charge in [-0.25, -0.2) is 4.79 Å². The number of carboxylic acids is 1. The van der Waals surface area contributed by atoms with E-state index in [4.69, 9.17) is 5.11 Å². The van der Waals surface area contributed by atoms with Crippen LogP contribution in [0, 0.1) is 5.92 Å². The van der Waals surface area contributed by atoms with E-state index in [0.29, 0.717) is 13.0 Å². The third-order valence-electron chi connectivity index (χ3n) is 2.93. The summed E-state index contributed by atoms with van der Waals surface area (Å²) in [5.74, 6) is -0.613. The molecule has 0 saturated heterocycles. The van der Waals surface area contributed by atoms with Crippen molar-refractivity contribution >= 4 is 12.0 Å². The van der Waals surface area contributed by atoms with Crippen molar-refractivity contribution in [2.45, 2.75) is 58.9 Å². The zero-order valence-corrected chi connectivity index (χ0v) is 11.7. The molecule has 0 radical (unpaired) electrons. The Labute approximate surface area is 109 Å². The monoisotopic (exact) mass is 258 g/mol. The number of hydrogen-bond acceptors (Lipinski definition) is 2. The summed E-state index contributed by atoms with van der Waals surface area (Å²) in [6.45, 7) is 6.60. The Morgan fingerprint density at radius 2 is 1.89 bits per heavy atom. The SMILES string of the molecule is CCCC(CC)NC(=O)NCC(C)CCC(=O)O. The normalized spacial score (nSPS) is 13.7. The highest BCUT2D eigenvalue weighted by Crippen LogP contribution is 2.04. The third-order valence-corrected chi connectivity index (χ3v) is 2.93. The lowest BCUT2D eigenvalue weighted by Crippen LogP contribution is -2.43. The molecule has 0 aliphatic carbocycles. The first-order valence-electron chi connectivity index (χ1n) is 6.75. The molecule has 0 saturated carbocycles. The van der Waals surface area contributed by atoms with Crippen LogP contribution >= 0.6 is 0 Å². The zero-order valence-electron chi connectivity index (χ0n) is 11.7. The Hall–Kier alpha value is -1.26. The topological polar surface area (TPSA) is 78.4 Å². The average Bonchev–Trinajstić information content (AvgIpc) is 2.33. The second kappa shape index (κ2) is 9.74. The van der Waals surface area contributed by atoms with Gasteiger partial charge in [-0.15, -0.1) is 0 Å². The van der Waals surface area contributed by atoms with Gasteiger partial charge < -0.3 is 15.7 Å². The highest BCUT2D eigenvalue weighted by atomic mass is 16.4. The Balaban J connectivity index is 3.77. The van der Waals surface area contributed by atoms with Crippen molar-refractivity contribution < 1.29 is 14.7 Å². The summed E-state index contributed by atoms with van der Waals surface area (Å²) < 4.78 is 0. The maximum Gasteiger partial charge on any atom is 0.315 e. The summed E-state index contributed by atoms with van der Waals surface area (Å²) >= 11 is 0. The molecule has 0 bridgehead atoms. The second-order valence-corrected chi connectivity index (χ2v) is 4.79. The molecule has 0 aromatic rings. The molecule has 0 rings (SSSR count). The zero-order chi connectivity index (χ0) is 14.0. The van der Waals surface area contributed by atoms with Crippen LogP contribution in [0.2, 0.25) is 0 Å². The number of carbonyl (C=O) groups is 2.